The van der Waals surface area contributed by atoms with Gasteiger partial charge in [0.1, 0.15) is 0 Å². The average molecular weight is 168 g/mol. The fraction of sp³-hybridized carbons (Fsp3) is 0.143. The van der Waals surface area contributed by atoms with Crippen molar-refractivity contribution in [3.8, 4) is 0 Å². The minimum atomic E-state index is -1.10. The SMILES string of the molecule is Cc1[nH]c(=O)c(N)cc1C(=O)O. The molecule has 1 rings (SSSR count). The highest BCUT2D eigenvalue weighted by molar-refractivity contribution is 5.89. The molecule has 5 heteroatoms. The van der Waals surface area contributed by atoms with Crippen molar-refractivity contribution < 1.29 is 9.90 Å². The Kier molecular flexibility index (Phi) is 1.86. The van der Waals surface area contributed by atoms with Crippen molar-refractivity contribution in [1.82, 2.24) is 4.98 Å². The van der Waals surface area contributed by atoms with E-state index >= 15 is 0 Å². The number of H-pyrrole nitrogens is 1. The van der Waals surface area contributed by atoms with Crippen LogP contribution in [0.2, 0.25) is 0 Å². The van der Waals surface area contributed by atoms with Crippen LogP contribution >= 0.6 is 0 Å². The summed E-state index contributed by atoms with van der Waals surface area (Å²) in [4.78, 5) is 23.7. The Hall–Kier alpha value is -1.78. The second-order valence-corrected chi connectivity index (χ2v) is 2.40. The summed E-state index contributed by atoms with van der Waals surface area (Å²) in [7, 11) is 0. The van der Waals surface area contributed by atoms with Crippen LogP contribution in [0.25, 0.3) is 0 Å². The Morgan fingerprint density at radius 3 is 2.75 bits per heavy atom. The molecule has 1 heterocycles. The van der Waals surface area contributed by atoms with Gasteiger partial charge >= 0.3 is 5.97 Å². The van der Waals surface area contributed by atoms with Crippen LogP contribution < -0.4 is 11.3 Å². The van der Waals surface area contributed by atoms with Crippen molar-refractivity contribution in [2.45, 2.75) is 6.92 Å². The number of carboxylic acids is 1. The predicted octanol–water partition coefficient (Wildman–Crippen LogP) is -0.0363. The van der Waals surface area contributed by atoms with Crippen molar-refractivity contribution in [2.24, 2.45) is 0 Å². The molecular formula is C7H8N2O3. The first kappa shape index (κ1) is 8.32. The van der Waals surface area contributed by atoms with Gasteiger partial charge in [0.15, 0.2) is 0 Å². The zero-order valence-corrected chi connectivity index (χ0v) is 6.42. The number of anilines is 1. The van der Waals surface area contributed by atoms with Gasteiger partial charge in [-0.3, -0.25) is 4.79 Å². The van der Waals surface area contributed by atoms with E-state index < -0.39 is 11.5 Å². The molecule has 0 spiro atoms. The van der Waals surface area contributed by atoms with E-state index in [0.29, 0.717) is 5.69 Å². The largest absolute Gasteiger partial charge is 0.478 e. The van der Waals surface area contributed by atoms with E-state index in [4.69, 9.17) is 10.8 Å². The Morgan fingerprint density at radius 1 is 1.67 bits per heavy atom. The quantitative estimate of drug-likeness (QED) is 0.548. The summed E-state index contributed by atoms with van der Waals surface area (Å²) in [5.41, 5.74) is 5.00. The number of pyridine rings is 1. The molecule has 0 aliphatic heterocycles. The first-order valence-electron chi connectivity index (χ1n) is 3.25. The second-order valence-electron chi connectivity index (χ2n) is 2.40. The van der Waals surface area contributed by atoms with Crippen LogP contribution in [0, 0.1) is 6.92 Å². The maximum absolute atomic E-state index is 10.8. The van der Waals surface area contributed by atoms with Crippen LogP contribution in [0.15, 0.2) is 10.9 Å². The van der Waals surface area contributed by atoms with Gasteiger partial charge in [0.05, 0.1) is 11.3 Å². The van der Waals surface area contributed by atoms with Crippen molar-refractivity contribution in [2.75, 3.05) is 5.73 Å². The van der Waals surface area contributed by atoms with Crippen LogP contribution in [0.4, 0.5) is 5.69 Å². The number of aromatic amines is 1. The molecule has 0 fully saturated rings. The summed E-state index contributed by atoms with van der Waals surface area (Å²) in [6, 6.07) is 1.15. The fourth-order valence-corrected chi connectivity index (χ4v) is 0.861. The molecule has 4 N–H and O–H groups in total. The van der Waals surface area contributed by atoms with E-state index in [0.717, 1.165) is 6.07 Å². The monoisotopic (exact) mass is 168 g/mol. The molecule has 0 saturated carbocycles. The number of nitrogen functional groups attached to an aromatic ring is 1. The molecule has 12 heavy (non-hydrogen) atoms. The lowest BCUT2D eigenvalue weighted by Gasteiger charge is -2.00. The van der Waals surface area contributed by atoms with Gasteiger partial charge < -0.3 is 15.8 Å². The van der Waals surface area contributed by atoms with E-state index in [1.54, 1.807) is 0 Å². The predicted molar refractivity (Wildman–Crippen MR) is 43.2 cm³/mol. The molecule has 64 valence electrons. The third-order valence-corrected chi connectivity index (χ3v) is 1.50. The first-order valence-corrected chi connectivity index (χ1v) is 3.25. The molecule has 0 saturated heterocycles. The lowest BCUT2D eigenvalue weighted by molar-refractivity contribution is 0.0695. The third kappa shape index (κ3) is 1.29. The number of hydrogen-bond acceptors (Lipinski definition) is 3. The van der Waals surface area contributed by atoms with Crippen molar-refractivity contribution in [3.05, 3.63) is 27.7 Å². The van der Waals surface area contributed by atoms with Crippen LogP contribution in [0.3, 0.4) is 0 Å². The molecule has 0 aliphatic rings. The van der Waals surface area contributed by atoms with Gasteiger partial charge in [0.25, 0.3) is 5.56 Å². The highest BCUT2D eigenvalue weighted by Gasteiger charge is 2.08. The van der Waals surface area contributed by atoms with Gasteiger partial charge in [-0.25, -0.2) is 4.79 Å². The molecular weight excluding hydrogens is 160 g/mol. The van der Waals surface area contributed by atoms with Gasteiger partial charge in [-0.05, 0) is 13.0 Å². The number of aromatic nitrogens is 1. The van der Waals surface area contributed by atoms with Crippen molar-refractivity contribution in [3.63, 3.8) is 0 Å². The van der Waals surface area contributed by atoms with Crippen LogP contribution in [0.1, 0.15) is 16.1 Å². The second kappa shape index (κ2) is 2.69. The molecule has 0 unspecified atom stereocenters. The van der Waals surface area contributed by atoms with Gasteiger partial charge in [-0.1, -0.05) is 0 Å². The van der Waals surface area contributed by atoms with E-state index in [1.807, 2.05) is 0 Å². The summed E-state index contributed by atoms with van der Waals surface area (Å²) in [6.07, 6.45) is 0. The summed E-state index contributed by atoms with van der Waals surface area (Å²) in [6.45, 7) is 1.50. The lowest BCUT2D eigenvalue weighted by atomic mass is 10.2. The van der Waals surface area contributed by atoms with Gasteiger partial charge in [0, 0.05) is 5.69 Å². The Morgan fingerprint density at radius 2 is 2.25 bits per heavy atom. The Bertz CT molecular complexity index is 381. The Balaban J connectivity index is 3.43. The molecule has 0 atom stereocenters. The molecule has 0 amide bonds. The fourth-order valence-electron chi connectivity index (χ4n) is 0.861. The minimum Gasteiger partial charge on any atom is -0.478 e. The summed E-state index contributed by atoms with van der Waals surface area (Å²) >= 11 is 0. The number of nitrogens with one attached hydrogen (secondary N) is 1. The molecule has 0 radical (unpaired) electrons. The number of nitrogens with two attached hydrogens (primary N) is 1. The van der Waals surface area contributed by atoms with Crippen molar-refractivity contribution in [1.29, 1.82) is 0 Å². The van der Waals surface area contributed by atoms with Crippen molar-refractivity contribution >= 4 is 11.7 Å². The zero-order chi connectivity index (χ0) is 9.30. The maximum atomic E-state index is 10.8. The van der Waals surface area contributed by atoms with E-state index in [9.17, 15) is 9.59 Å². The highest BCUT2D eigenvalue weighted by Crippen LogP contribution is 2.04. The molecule has 1 aromatic heterocycles. The topological polar surface area (TPSA) is 96.2 Å². The van der Waals surface area contributed by atoms with E-state index in [1.165, 1.54) is 6.92 Å². The molecule has 1 aromatic rings. The molecule has 5 nitrogen and oxygen atoms in total. The first-order chi connectivity index (χ1) is 5.52. The molecule has 0 aliphatic carbocycles. The molecule has 0 aromatic carbocycles. The smallest absolute Gasteiger partial charge is 0.337 e. The Labute approximate surface area is 67.8 Å². The van der Waals surface area contributed by atoms with Gasteiger partial charge in [-0.15, -0.1) is 0 Å². The molecule has 0 bridgehead atoms. The van der Waals surface area contributed by atoms with Gasteiger partial charge in [0.2, 0.25) is 0 Å². The number of aryl methyl sites for hydroxylation is 1. The third-order valence-electron chi connectivity index (χ3n) is 1.50. The normalized spacial score (nSPS) is 9.75. The zero-order valence-electron chi connectivity index (χ0n) is 6.42. The number of hydrogen-bond donors (Lipinski definition) is 3. The number of carbonyl (C=O) groups is 1. The summed E-state index contributed by atoms with van der Waals surface area (Å²) in [5.74, 6) is -1.10. The van der Waals surface area contributed by atoms with Crippen LogP contribution in [-0.4, -0.2) is 16.1 Å². The maximum Gasteiger partial charge on any atom is 0.337 e. The minimum absolute atomic E-state index is 0.0205. The highest BCUT2D eigenvalue weighted by atomic mass is 16.4. The summed E-state index contributed by atoms with van der Waals surface area (Å²) < 4.78 is 0. The number of aromatic carboxylic acids is 1. The van der Waals surface area contributed by atoms with E-state index in [-0.39, 0.29) is 11.3 Å². The van der Waals surface area contributed by atoms with Crippen LogP contribution in [-0.2, 0) is 0 Å². The van der Waals surface area contributed by atoms with E-state index in [2.05, 4.69) is 4.98 Å². The average Bonchev–Trinajstić information content (AvgIpc) is 1.96. The number of rotatable bonds is 1. The lowest BCUT2D eigenvalue weighted by Crippen LogP contribution is -2.16. The van der Waals surface area contributed by atoms with Crippen LogP contribution in [0.5, 0.6) is 0 Å². The standard InChI is InChI=1S/C7H8N2O3/c1-3-4(7(11)12)2-5(8)6(10)9-3/h2H,8H2,1H3,(H,9,10)(H,11,12). The summed E-state index contributed by atoms with van der Waals surface area (Å²) in [5, 5.41) is 8.60. The number of carboxylic acid groups (broad SMARTS) is 1. The van der Waals surface area contributed by atoms with Gasteiger partial charge in [-0.2, -0.15) is 0 Å².